The lowest BCUT2D eigenvalue weighted by Crippen LogP contribution is -2.24. The maximum absolute atomic E-state index is 10.2. The van der Waals surface area contributed by atoms with Gasteiger partial charge in [0.05, 0.1) is 5.60 Å². The number of thioether (sulfide) groups is 1. The van der Waals surface area contributed by atoms with Crippen molar-refractivity contribution in [1.29, 1.82) is 0 Å². The number of rotatable bonds is 1. The number of benzene rings is 1. The average molecular weight is 195 g/mol. The van der Waals surface area contributed by atoms with Crippen molar-refractivity contribution in [3.05, 3.63) is 29.8 Å². The van der Waals surface area contributed by atoms with E-state index in [1.165, 1.54) is 0 Å². The van der Waals surface area contributed by atoms with Gasteiger partial charge in [-0.15, -0.1) is 0 Å². The Hall–Kier alpha value is -0.670. The Morgan fingerprint density at radius 2 is 2.31 bits per heavy atom. The molecule has 0 spiro atoms. The zero-order valence-electron chi connectivity index (χ0n) is 7.36. The van der Waals surface area contributed by atoms with Gasteiger partial charge in [-0.3, -0.25) is 0 Å². The molecular formula is C10H13NOS. The SMILES string of the molecule is Nc1cccc(C2(O)CCSC2)c1. The lowest BCUT2D eigenvalue weighted by molar-refractivity contribution is 0.0658. The highest BCUT2D eigenvalue weighted by molar-refractivity contribution is 7.99. The topological polar surface area (TPSA) is 46.2 Å². The Bertz CT molecular complexity index is 308. The number of aliphatic hydroxyl groups is 1. The molecule has 70 valence electrons. The second-order valence-corrected chi connectivity index (χ2v) is 4.56. The van der Waals surface area contributed by atoms with Crippen LogP contribution in [0, 0.1) is 0 Å². The highest BCUT2D eigenvalue weighted by atomic mass is 32.2. The van der Waals surface area contributed by atoms with Gasteiger partial charge >= 0.3 is 0 Å². The Morgan fingerprint density at radius 3 is 2.92 bits per heavy atom. The van der Waals surface area contributed by atoms with Crippen molar-refractivity contribution in [2.75, 3.05) is 17.2 Å². The molecule has 0 amide bonds. The monoisotopic (exact) mass is 195 g/mol. The summed E-state index contributed by atoms with van der Waals surface area (Å²) < 4.78 is 0. The number of nitrogens with two attached hydrogens (primary N) is 1. The third kappa shape index (κ3) is 1.67. The largest absolute Gasteiger partial charge is 0.399 e. The molecular weight excluding hydrogens is 182 g/mol. The molecule has 0 saturated carbocycles. The minimum atomic E-state index is -0.639. The van der Waals surface area contributed by atoms with Gasteiger partial charge in [-0.1, -0.05) is 12.1 Å². The van der Waals surface area contributed by atoms with Crippen molar-refractivity contribution in [3.8, 4) is 0 Å². The van der Waals surface area contributed by atoms with Crippen LogP contribution in [0.3, 0.4) is 0 Å². The van der Waals surface area contributed by atoms with Gasteiger partial charge in [0.25, 0.3) is 0 Å². The summed E-state index contributed by atoms with van der Waals surface area (Å²) in [4.78, 5) is 0. The predicted molar refractivity (Wildman–Crippen MR) is 56.7 cm³/mol. The molecule has 1 aliphatic rings. The van der Waals surface area contributed by atoms with Crippen LogP contribution in [-0.2, 0) is 5.60 Å². The molecule has 1 saturated heterocycles. The van der Waals surface area contributed by atoms with E-state index in [1.54, 1.807) is 11.8 Å². The van der Waals surface area contributed by atoms with Crippen molar-refractivity contribution < 1.29 is 5.11 Å². The first-order valence-electron chi connectivity index (χ1n) is 4.37. The molecule has 1 aromatic rings. The molecule has 2 nitrogen and oxygen atoms in total. The summed E-state index contributed by atoms with van der Waals surface area (Å²) >= 11 is 1.79. The predicted octanol–water partition coefficient (Wildman–Crippen LogP) is 1.59. The van der Waals surface area contributed by atoms with E-state index in [1.807, 2.05) is 24.3 Å². The summed E-state index contributed by atoms with van der Waals surface area (Å²) in [6, 6.07) is 7.55. The zero-order chi connectivity index (χ0) is 9.31. The second-order valence-electron chi connectivity index (χ2n) is 3.46. The molecule has 0 radical (unpaired) electrons. The average Bonchev–Trinajstić information content (AvgIpc) is 2.54. The van der Waals surface area contributed by atoms with Gasteiger partial charge in [0, 0.05) is 11.4 Å². The Balaban J connectivity index is 2.33. The van der Waals surface area contributed by atoms with Gasteiger partial charge in [0.1, 0.15) is 0 Å². The number of hydrogen-bond donors (Lipinski definition) is 2. The fourth-order valence-corrected chi connectivity index (χ4v) is 2.89. The van der Waals surface area contributed by atoms with Gasteiger partial charge in [0.2, 0.25) is 0 Å². The molecule has 1 atom stereocenters. The molecule has 0 bridgehead atoms. The summed E-state index contributed by atoms with van der Waals surface area (Å²) in [6.07, 6.45) is 0.834. The maximum Gasteiger partial charge on any atom is 0.0995 e. The third-order valence-corrected chi connectivity index (χ3v) is 3.60. The van der Waals surface area contributed by atoms with Crippen LogP contribution in [0.5, 0.6) is 0 Å². The molecule has 3 N–H and O–H groups in total. The van der Waals surface area contributed by atoms with E-state index < -0.39 is 5.60 Å². The number of hydrogen-bond acceptors (Lipinski definition) is 3. The molecule has 1 heterocycles. The van der Waals surface area contributed by atoms with Crippen molar-refractivity contribution >= 4 is 17.4 Å². The number of nitrogen functional groups attached to an aromatic ring is 1. The lowest BCUT2D eigenvalue weighted by atomic mass is 9.93. The molecule has 1 aromatic carbocycles. The van der Waals surface area contributed by atoms with Gasteiger partial charge < -0.3 is 10.8 Å². The van der Waals surface area contributed by atoms with E-state index in [-0.39, 0.29) is 0 Å². The zero-order valence-corrected chi connectivity index (χ0v) is 8.18. The van der Waals surface area contributed by atoms with E-state index in [0.29, 0.717) is 0 Å². The highest BCUT2D eigenvalue weighted by Crippen LogP contribution is 2.36. The quantitative estimate of drug-likeness (QED) is 0.669. The molecule has 1 unspecified atom stereocenters. The Labute approximate surface area is 82.1 Å². The van der Waals surface area contributed by atoms with Gasteiger partial charge in [-0.25, -0.2) is 0 Å². The van der Waals surface area contributed by atoms with E-state index >= 15 is 0 Å². The molecule has 2 rings (SSSR count). The summed E-state index contributed by atoms with van der Waals surface area (Å²) in [5.74, 6) is 1.82. The highest BCUT2D eigenvalue weighted by Gasteiger charge is 2.33. The molecule has 1 fully saturated rings. The van der Waals surface area contributed by atoms with Crippen LogP contribution in [0.2, 0.25) is 0 Å². The summed E-state index contributed by atoms with van der Waals surface area (Å²) in [7, 11) is 0. The van der Waals surface area contributed by atoms with E-state index in [0.717, 1.165) is 29.2 Å². The van der Waals surface area contributed by atoms with Gasteiger partial charge in [-0.05, 0) is 29.9 Å². The fraction of sp³-hybridized carbons (Fsp3) is 0.400. The summed E-state index contributed by atoms with van der Waals surface area (Å²) in [5.41, 5.74) is 6.71. The van der Waals surface area contributed by atoms with Crippen LogP contribution in [0.1, 0.15) is 12.0 Å². The number of anilines is 1. The summed E-state index contributed by atoms with van der Waals surface area (Å²) in [5, 5.41) is 10.2. The molecule has 3 heteroatoms. The van der Waals surface area contributed by atoms with Crippen molar-refractivity contribution in [1.82, 2.24) is 0 Å². The first kappa shape index (κ1) is 8.91. The lowest BCUT2D eigenvalue weighted by Gasteiger charge is -2.21. The normalized spacial score (nSPS) is 27.8. The van der Waals surface area contributed by atoms with Gasteiger partial charge in [-0.2, -0.15) is 11.8 Å². The maximum atomic E-state index is 10.2. The smallest absolute Gasteiger partial charge is 0.0995 e. The van der Waals surface area contributed by atoms with Crippen molar-refractivity contribution in [3.63, 3.8) is 0 Å². The van der Waals surface area contributed by atoms with Crippen LogP contribution < -0.4 is 5.73 Å². The van der Waals surface area contributed by atoms with Crippen LogP contribution in [-0.4, -0.2) is 16.6 Å². The van der Waals surface area contributed by atoms with Crippen LogP contribution in [0.4, 0.5) is 5.69 Å². The van der Waals surface area contributed by atoms with Crippen LogP contribution in [0.25, 0.3) is 0 Å². The van der Waals surface area contributed by atoms with Gasteiger partial charge in [0.15, 0.2) is 0 Å². The molecule has 0 aromatic heterocycles. The first-order chi connectivity index (χ1) is 6.21. The van der Waals surface area contributed by atoms with E-state index in [9.17, 15) is 5.11 Å². The third-order valence-electron chi connectivity index (χ3n) is 2.42. The minimum Gasteiger partial charge on any atom is -0.399 e. The van der Waals surface area contributed by atoms with Crippen LogP contribution in [0.15, 0.2) is 24.3 Å². The van der Waals surface area contributed by atoms with Crippen molar-refractivity contribution in [2.45, 2.75) is 12.0 Å². The minimum absolute atomic E-state index is 0.639. The molecule has 13 heavy (non-hydrogen) atoms. The molecule has 1 aliphatic heterocycles. The Morgan fingerprint density at radius 1 is 1.46 bits per heavy atom. The summed E-state index contributed by atoms with van der Waals surface area (Å²) in [6.45, 7) is 0. The Kier molecular flexibility index (Phi) is 2.22. The fourth-order valence-electron chi connectivity index (χ4n) is 1.61. The van der Waals surface area contributed by atoms with Crippen LogP contribution >= 0.6 is 11.8 Å². The van der Waals surface area contributed by atoms with E-state index in [2.05, 4.69) is 0 Å². The first-order valence-corrected chi connectivity index (χ1v) is 5.52. The molecule has 0 aliphatic carbocycles. The van der Waals surface area contributed by atoms with E-state index in [4.69, 9.17) is 5.73 Å². The second kappa shape index (κ2) is 3.24. The standard InChI is InChI=1S/C10H13NOS/c11-9-3-1-2-8(6-9)10(12)4-5-13-7-10/h1-3,6,12H,4-5,7,11H2. The van der Waals surface area contributed by atoms with Crippen molar-refractivity contribution in [2.24, 2.45) is 0 Å².